The first-order valence-electron chi connectivity index (χ1n) is 9.29. The third kappa shape index (κ3) is 5.54. The molecule has 3 N–H and O–H groups in total. The lowest BCUT2D eigenvalue weighted by Gasteiger charge is -2.11. The number of anilines is 2. The van der Waals surface area contributed by atoms with Crippen LogP contribution in [0, 0.1) is 0 Å². The summed E-state index contributed by atoms with van der Waals surface area (Å²) in [6.45, 7) is 0.457. The molecule has 0 atom stereocenters. The van der Waals surface area contributed by atoms with Gasteiger partial charge in [-0.2, -0.15) is 0 Å². The molecule has 0 spiro atoms. The molecule has 8 nitrogen and oxygen atoms in total. The van der Waals surface area contributed by atoms with Crippen molar-refractivity contribution in [2.45, 2.75) is 6.42 Å². The van der Waals surface area contributed by atoms with Crippen LogP contribution in [0.25, 0.3) is 0 Å². The van der Waals surface area contributed by atoms with Crippen molar-refractivity contribution in [2.24, 2.45) is 0 Å². The SMILES string of the molecule is COc1ccc(CCNC(=O)Nc2ccc(NC(=O)c3ccco3)cc2)cc1OC. The summed E-state index contributed by atoms with van der Waals surface area (Å²) in [4.78, 5) is 24.0. The Balaban J connectivity index is 1.45. The molecule has 0 saturated carbocycles. The second-order valence-electron chi connectivity index (χ2n) is 6.33. The Labute approximate surface area is 174 Å². The Morgan fingerprint density at radius 3 is 2.23 bits per heavy atom. The van der Waals surface area contributed by atoms with Crippen molar-refractivity contribution in [1.29, 1.82) is 0 Å². The maximum atomic E-state index is 12.1. The summed E-state index contributed by atoms with van der Waals surface area (Å²) in [6.07, 6.45) is 2.08. The molecule has 2 aromatic carbocycles. The molecule has 0 aliphatic rings. The zero-order chi connectivity index (χ0) is 21.3. The highest BCUT2D eigenvalue weighted by Crippen LogP contribution is 2.27. The van der Waals surface area contributed by atoms with Gasteiger partial charge in [-0.15, -0.1) is 0 Å². The zero-order valence-electron chi connectivity index (χ0n) is 16.7. The molecule has 1 heterocycles. The van der Waals surface area contributed by atoms with Crippen molar-refractivity contribution < 1.29 is 23.5 Å². The number of carbonyl (C=O) groups is 2. The van der Waals surface area contributed by atoms with Crippen molar-refractivity contribution in [3.05, 3.63) is 72.2 Å². The van der Waals surface area contributed by atoms with Crippen LogP contribution in [-0.2, 0) is 6.42 Å². The van der Waals surface area contributed by atoms with E-state index in [1.54, 1.807) is 50.6 Å². The fourth-order valence-corrected chi connectivity index (χ4v) is 2.77. The lowest BCUT2D eigenvalue weighted by Crippen LogP contribution is -2.30. The van der Waals surface area contributed by atoms with Gasteiger partial charge in [0.25, 0.3) is 5.91 Å². The third-order valence-electron chi connectivity index (χ3n) is 4.29. The number of urea groups is 1. The number of rotatable bonds is 8. The van der Waals surface area contributed by atoms with E-state index >= 15 is 0 Å². The predicted octanol–water partition coefficient (Wildman–Crippen LogP) is 3.91. The van der Waals surface area contributed by atoms with Crippen molar-refractivity contribution in [3.8, 4) is 11.5 Å². The van der Waals surface area contributed by atoms with Gasteiger partial charge in [0.05, 0.1) is 20.5 Å². The molecule has 0 bridgehead atoms. The second kappa shape index (κ2) is 10.0. The van der Waals surface area contributed by atoms with Crippen LogP contribution in [0.4, 0.5) is 16.2 Å². The highest BCUT2D eigenvalue weighted by molar-refractivity contribution is 6.02. The molecule has 0 aliphatic carbocycles. The first-order chi connectivity index (χ1) is 14.6. The molecule has 0 saturated heterocycles. The molecule has 3 rings (SSSR count). The normalized spacial score (nSPS) is 10.2. The van der Waals surface area contributed by atoms with Gasteiger partial charge in [0, 0.05) is 17.9 Å². The van der Waals surface area contributed by atoms with Crippen molar-refractivity contribution >= 4 is 23.3 Å². The largest absolute Gasteiger partial charge is 0.493 e. The second-order valence-corrected chi connectivity index (χ2v) is 6.33. The summed E-state index contributed by atoms with van der Waals surface area (Å²) in [5, 5.41) is 8.27. The average molecular weight is 409 g/mol. The van der Waals surface area contributed by atoms with E-state index in [0.717, 1.165) is 5.56 Å². The van der Waals surface area contributed by atoms with Gasteiger partial charge in [-0.1, -0.05) is 6.07 Å². The Morgan fingerprint density at radius 2 is 1.60 bits per heavy atom. The van der Waals surface area contributed by atoms with Crippen molar-refractivity contribution in [2.75, 3.05) is 31.4 Å². The molecule has 0 radical (unpaired) electrons. The average Bonchev–Trinajstić information content (AvgIpc) is 3.30. The van der Waals surface area contributed by atoms with E-state index in [2.05, 4.69) is 16.0 Å². The summed E-state index contributed by atoms with van der Waals surface area (Å²) >= 11 is 0. The number of benzene rings is 2. The minimum absolute atomic E-state index is 0.228. The first kappa shape index (κ1) is 20.8. The van der Waals surface area contributed by atoms with Gasteiger partial charge in [-0.25, -0.2) is 4.79 Å². The first-order valence-corrected chi connectivity index (χ1v) is 9.29. The van der Waals surface area contributed by atoms with Crippen LogP contribution in [0.1, 0.15) is 16.1 Å². The standard InChI is InChI=1S/C22H23N3O5/c1-28-18-10-5-15(14-20(18)29-2)11-12-23-22(27)25-17-8-6-16(7-9-17)24-21(26)19-4-3-13-30-19/h3-10,13-14H,11-12H2,1-2H3,(H,24,26)(H2,23,25,27). The van der Waals surface area contributed by atoms with Gasteiger partial charge in [-0.05, 0) is 60.5 Å². The number of furan rings is 1. The van der Waals surface area contributed by atoms with E-state index in [9.17, 15) is 9.59 Å². The van der Waals surface area contributed by atoms with Gasteiger partial charge in [-0.3, -0.25) is 4.79 Å². The van der Waals surface area contributed by atoms with Gasteiger partial charge >= 0.3 is 6.03 Å². The summed E-state index contributed by atoms with van der Waals surface area (Å²) < 4.78 is 15.5. The van der Waals surface area contributed by atoms with Crippen LogP contribution < -0.4 is 25.4 Å². The third-order valence-corrected chi connectivity index (χ3v) is 4.29. The van der Waals surface area contributed by atoms with Gasteiger partial charge in [0.15, 0.2) is 17.3 Å². The molecule has 30 heavy (non-hydrogen) atoms. The maximum absolute atomic E-state index is 12.1. The smallest absolute Gasteiger partial charge is 0.319 e. The van der Waals surface area contributed by atoms with Crippen molar-refractivity contribution in [1.82, 2.24) is 5.32 Å². The van der Waals surface area contributed by atoms with Gasteiger partial charge in [0.2, 0.25) is 0 Å². The Morgan fingerprint density at radius 1 is 0.900 bits per heavy atom. The number of amides is 3. The van der Waals surface area contributed by atoms with Crippen molar-refractivity contribution in [3.63, 3.8) is 0 Å². The number of carbonyl (C=O) groups excluding carboxylic acids is 2. The maximum Gasteiger partial charge on any atom is 0.319 e. The number of hydrogen-bond acceptors (Lipinski definition) is 5. The van der Waals surface area contributed by atoms with Crippen LogP contribution in [-0.4, -0.2) is 32.7 Å². The predicted molar refractivity (Wildman–Crippen MR) is 113 cm³/mol. The lowest BCUT2D eigenvalue weighted by atomic mass is 10.1. The van der Waals surface area contributed by atoms with E-state index in [4.69, 9.17) is 13.9 Å². The Bertz CT molecular complexity index is 985. The number of methoxy groups -OCH3 is 2. The molecule has 3 amide bonds. The van der Waals surface area contributed by atoms with Crippen LogP contribution in [0.3, 0.4) is 0 Å². The monoisotopic (exact) mass is 409 g/mol. The topological polar surface area (TPSA) is 102 Å². The summed E-state index contributed by atoms with van der Waals surface area (Å²) in [7, 11) is 3.17. The zero-order valence-corrected chi connectivity index (χ0v) is 16.7. The summed E-state index contributed by atoms with van der Waals surface area (Å²) in [5.74, 6) is 1.20. The van der Waals surface area contributed by atoms with Gasteiger partial charge in [0.1, 0.15) is 0 Å². The number of ether oxygens (including phenoxy) is 2. The van der Waals surface area contributed by atoms with Gasteiger partial charge < -0.3 is 29.8 Å². The summed E-state index contributed by atoms with van der Waals surface area (Å²) in [6, 6.07) is 15.3. The molecular formula is C22H23N3O5. The highest BCUT2D eigenvalue weighted by atomic mass is 16.5. The fraction of sp³-hybridized carbons (Fsp3) is 0.182. The minimum Gasteiger partial charge on any atom is -0.493 e. The van der Waals surface area contributed by atoms with Crippen LogP contribution in [0.2, 0.25) is 0 Å². The van der Waals surface area contributed by atoms with E-state index in [1.807, 2.05) is 18.2 Å². The molecule has 8 heteroatoms. The number of hydrogen-bond donors (Lipinski definition) is 3. The molecule has 1 aromatic heterocycles. The van der Waals surface area contributed by atoms with E-state index in [-0.39, 0.29) is 17.7 Å². The molecule has 156 valence electrons. The van der Waals surface area contributed by atoms with Crippen LogP contribution in [0.5, 0.6) is 11.5 Å². The van der Waals surface area contributed by atoms with Crippen LogP contribution >= 0.6 is 0 Å². The molecule has 3 aromatic rings. The molecule has 0 fully saturated rings. The highest BCUT2D eigenvalue weighted by Gasteiger charge is 2.09. The van der Waals surface area contributed by atoms with E-state index in [1.165, 1.54) is 6.26 Å². The Hall–Kier alpha value is -3.94. The van der Waals surface area contributed by atoms with E-state index < -0.39 is 0 Å². The molecular weight excluding hydrogens is 386 g/mol. The quantitative estimate of drug-likeness (QED) is 0.524. The van der Waals surface area contributed by atoms with Crippen LogP contribution in [0.15, 0.2) is 65.3 Å². The fourth-order valence-electron chi connectivity index (χ4n) is 2.77. The summed E-state index contributed by atoms with van der Waals surface area (Å²) in [5.41, 5.74) is 2.22. The minimum atomic E-state index is -0.339. The molecule has 0 unspecified atom stereocenters. The Kier molecular flexibility index (Phi) is 6.94. The molecule has 0 aliphatic heterocycles. The lowest BCUT2D eigenvalue weighted by molar-refractivity contribution is 0.0996. The number of nitrogens with one attached hydrogen (secondary N) is 3. The van der Waals surface area contributed by atoms with E-state index in [0.29, 0.717) is 35.8 Å².